The van der Waals surface area contributed by atoms with Crippen molar-refractivity contribution < 1.29 is 9.18 Å². The first-order valence-corrected chi connectivity index (χ1v) is 12.1. The third-order valence-electron chi connectivity index (χ3n) is 7.13. The number of aryl methyl sites for hydroxylation is 1. The number of nitrogens with two attached hydrogens (primary N) is 1. The monoisotopic (exact) mass is 495 g/mol. The summed E-state index contributed by atoms with van der Waals surface area (Å²) in [6.45, 7) is 1.80. The van der Waals surface area contributed by atoms with Crippen LogP contribution in [0.5, 0.6) is 0 Å². The van der Waals surface area contributed by atoms with Gasteiger partial charge in [-0.15, -0.1) is 0 Å². The van der Waals surface area contributed by atoms with E-state index in [1.54, 1.807) is 30.7 Å². The first kappa shape index (κ1) is 23.1. The molecule has 0 aliphatic carbocycles. The van der Waals surface area contributed by atoms with Gasteiger partial charge in [-0.25, -0.2) is 4.39 Å². The SMILES string of the molecule is CN1CCC(c2nccc(C(N)=O)c2Nc2cc(-c3cc(F)c4ccn(C)c4c3)c3nccnc3c2)C1. The van der Waals surface area contributed by atoms with Crippen LogP contribution in [0.1, 0.15) is 28.4 Å². The molecule has 8 nitrogen and oxygen atoms in total. The highest BCUT2D eigenvalue weighted by molar-refractivity contribution is 6.01. The van der Waals surface area contributed by atoms with Crippen LogP contribution in [-0.2, 0) is 7.05 Å². The van der Waals surface area contributed by atoms with Crippen LogP contribution in [0, 0.1) is 5.82 Å². The minimum atomic E-state index is -0.533. The Labute approximate surface area is 213 Å². The summed E-state index contributed by atoms with van der Waals surface area (Å²) in [6, 6.07) is 10.6. The largest absolute Gasteiger partial charge is 0.366 e. The Morgan fingerprint density at radius 2 is 1.92 bits per heavy atom. The van der Waals surface area contributed by atoms with Crippen molar-refractivity contribution in [3.8, 4) is 11.1 Å². The van der Waals surface area contributed by atoms with Crippen molar-refractivity contribution in [2.24, 2.45) is 12.8 Å². The molecular formula is C28H26FN7O. The molecule has 186 valence electrons. The number of anilines is 2. The van der Waals surface area contributed by atoms with Gasteiger partial charge in [-0.3, -0.25) is 19.7 Å². The normalized spacial score (nSPS) is 16.0. The number of hydrogen-bond acceptors (Lipinski definition) is 6. The molecule has 0 radical (unpaired) electrons. The summed E-state index contributed by atoms with van der Waals surface area (Å²) in [6.07, 6.45) is 7.65. The zero-order valence-electron chi connectivity index (χ0n) is 20.6. The number of fused-ring (bicyclic) bond motifs is 2. The summed E-state index contributed by atoms with van der Waals surface area (Å²) >= 11 is 0. The van der Waals surface area contributed by atoms with Crippen molar-refractivity contribution in [1.29, 1.82) is 0 Å². The molecule has 2 aromatic carbocycles. The molecule has 1 unspecified atom stereocenters. The van der Waals surface area contributed by atoms with Gasteiger partial charge in [0.1, 0.15) is 5.82 Å². The van der Waals surface area contributed by atoms with Crippen LogP contribution in [0.3, 0.4) is 0 Å². The van der Waals surface area contributed by atoms with E-state index in [9.17, 15) is 4.79 Å². The Morgan fingerprint density at radius 3 is 2.70 bits per heavy atom. The van der Waals surface area contributed by atoms with Gasteiger partial charge in [0.25, 0.3) is 5.91 Å². The van der Waals surface area contributed by atoms with Gasteiger partial charge in [0.2, 0.25) is 0 Å². The second kappa shape index (κ2) is 8.94. The van der Waals surface area contributed by atoms with Crippen LogP contribution < -0.4 is 11.1 Å². The Kier molecular flexibility index (Phi) is 5.57. The van der Waals surface area contributed by atoms with Gasteiger partial charge in [-0.2, -0.15) is 0 Å². The van der Waals surface area contributed by atoms with Crippen molar-refractivity contribution in [3.05, 3.63) is 78.3 Å². The molecule has 9 heteroatoms. The summed E-state index contributed by atoms with van der Waals surface area (Å²) in [5, 5.41) is 3.98. The molecule has 1 aliphatic rings. The highest BCUT2D eigenvalue weighted by Crippen LogP contribution is 2.37. The highest BCUT2D eigenvalue weighted by Gasteiger charge is 2.27. The summed E-state index contributed by atoms with van der Waals surface area (Å²) in [4.78, 5) is 28.3. The van der Waals surface area contributed by atoms with Crippen LogP contribution in [-0.4, -0.2) is 50.5 Å². The standard InChI is InChI=1S/C28H26FN7O/c1-35-9-4-16(15-35)25-27(20(28(30)37)3-6-32-25)34-18-13-21(26-23(14-18)31-7-8-33-26)17-11-22(29)19-5-10-36(2)24(19)12-17/h3,5-8,10-14,16,34H,4,9,15H2,1-2H3,(H2,30,37). The fourth-order valence-corrected chi connectivity index (χ4v) is 5.28. The number of halogens is 1. The molecular weight excluding hydrogens is 469 g/mol. The average molecular weight is 496 g/mol. The Hall–Kier alpha value is -4.37. The van der Waals surface area contributed by atoms with E-state index in [0.29, 0.717) is 38.9 Å². The van der Waals surface area contributed by atoms with E-state index >= 15 is 4.39 Å². The lowest BCUT2D eigenvalue weighted by molar-refractivity contribution is 0.100. The number of carbonyl (C=O) groups is 1. The van der Waals surface area contributed by atoms with Crippen LogP contribution in [0.25, 0.3) is 33.1 Å². The van der Waals surface area contributed by atoms with Crippen LogP contribution >= 0.6 is 0 Å². The molecule has 0 bridgehead atoms. The van der Waals surface area contributed by atoms with Gasteiger partial charge in [-0.05, 0) is 62.0 Å². The molecule has 4 heterocycles. The summed E-state index contributed by atoms with van der Waals surface area (Å²) in [5.41, 5.74) is 11.7. The van der Waals surface area contributed by atoms with E-state index in [4.69, 9.17) is 5.73 Å². The number of likely N-dealkylation sites (N-methyl/N-ethyl adjacent to an activating group) is 1. The molecule has 37 heavy (non-hydrogen) atoms. The van der Waals surface area contributed by atoms with Gasteiger partial charge in [-0.1, -0.05) is 0 Å². The number of amides is 1. The Bertz CT molecular complexity index is 1680. The number of benzene rings is 2. The molecule has 6 rings (SSSR count). The number of likely N-dealkylation sites (tertiary alicyclic amines) is 1. The van der Waals surface area contributed by atoms with E-state index < -0.39 is 5.91 Å². The van der Waals surface area contributed by atoms with Crippen molar-refractivity contribution >= 4 is 39.2 Å². The summed E-state index contributed by atoms with van der Waals surface area (Å²) in [5.74, 6) is -0.672. The van der Waals surface area contributed by atoms with Gasteiger partial charge >= 0.3 is 0 Å². The number of rotatable bonds is 5. The fourth-order valence-electron chi connectivity index (χ4n) is 5.28. The third kappa shape index (κ3) is 4.07. The molecule has 1 saturated heterocycles. The summed E-state index contributed by atoms with van der Waals surface area (Å²) < 4.78 is 17.0. The lowest BCUT2D eigenvalue weighted by Crippen LogP contribution is -2.18. The second-order valence-electron chi connectivity index (χ2n) is 9.62. The zero-order valence-corrected chi connectivity index (χ0v) is 20.6. The minimum absolute atomic E-state index is 0.167. The number of aromatic nitrogens is 4. The quantitative estimate of drug-likeness (QED) is 0.370. The zero-order chi connectivity index (χ0) is 25.7. The molecule has 0 saturated carbocycles. The smallest absolute Gasteiger partial charge is 0.250 e. The van der Waals surface area contributed by atoms with Gasteiger partial charge in [0.15, 0.2) is 0 Å². The Balaban J connectivity index is 1.52. The van der Waals surface area contributed by atoms with Crippen molar-refractivity contribution in [1.82, 2.24) is 24.4 Å². The van der Waals surface area contributed by atoms with Crippen molar-refractivity contribution in [3.63, 3.8) is 0 Å². The molecule has 1 aliphatic heterocycles. The van der Waals surface area contributed by atoms with Crippen LogP contribution in [0.15, 0.2) is 61.2 Å². The highest BCUT2D eigenvalue weighted by atomic mass is 19.1. The van der Waals surface area contributed by atoms with Crippen molar-refractivity contribution in [2.45, 2.75) is 12.3 Å². The maximum absolute atomic E-state index is 15.1. The van der Waals surface area contributed by atoms with E-state index in [2.05, 4.69) is 32.2 Å². The third-order valence-corrected chi connectivity index (χ3v) is 7.13. The second-order valence-corrected chi connectivity index (χ2v) is 9.62. The van der Waals surface area contributed by atoms with Crippen LogP contribution in [0.4, 0.5) is 15.8 Å². The van der Waals surface area contributed by atoms with Crippen molar-refractivity contribution in [2.75, 3.05) is 25.5 Å². The van der Waals surface area contributed by atoms with E-state index in [-0.39, 0.29) is 11.7 Å². The number of carbonyl (C=O) groups excluding carboxylic acids is 1. The Morgan fingerprint density at radius 1 is 1.08 bits per heavy atom. The topological polar surface area (TPSA) is 102 Å². The number of primary amides is 1. The lowest BCUT2D eigenvalue weighted by atomic mass is 9.98. The van der Waals surface area contributed by atoms with Crippen LogP contribution in [0.2, 0.25) is 0 Å². The van der Waals surface area contributed by atoms with E-state index in [1.807, 2.05) is 36.0 Å². The number of hydrogen-bond donors (Lipinski definition) is 2. The van der Waals surface area contributed by atoms with Gasteiger partial charge < -0.3 is 20.5 Å². The van der Waals surface area contributed by atoms with Gasteiger partial charge in [0, 0.05) is 60.9 Å². The molecule has 1 amide bonds. The maximum Gasteiger partial charge on any atom is 0.250 e. The van der Waals surface area contributed by atoms with E-state index in [1.165, 1.54) is 6.07 Å². The molecule has 0 spiro atoms. The molecule has 3 N–H and O–H groups in total. The summed E-state index contributed by atoms with van der Waals surface area (Å²) in [7, 11) is 3.96. The van der Waals surface area contributed by atoms with Gasteiger partial charge in [0.05, 0.1) is 33.5 Å². The molecule has 1 atom stereocenters. The lowest BCUT2D eigenvalue weighted by Gasteiger charge is -2.19. The average Bonchev–Trinajstić information content (AvgIpc) is 3.49. The molecule has 1 fully saturated rings. The predicted octanol–water partition coefficient (Wildman–Crippen LogP) is 4.58. The molecule has 3 aromatic heterocycles. The molecule has 5 aromatic rings. The predicted molar refractivity (Wildman–Crippen MR) is 142 cm³/mol. The number of pyridine rings is 1. The minimum Gasteiger partial charge on any atom is -0.366 e. The first-order valence-electron chi connectivity index (χ1n) is 12.1. The number of nitrogens with zero attached hydrogens (tertiary/aromatic N) is 5. The maximum atomic E-state index is 15.1. The van der Waals surface area contributed by atoms with E-state index in [0.717, 1.165) is 36.3 Å². The first-order chi connectivity index (χ1) is 17.9. The number of nitrogens with one attached hydrogen (secondary N) is 1. The fraction of sp³-hybridized carbons (Fsp3) is 0.214.